The van der Waals surface area contributed by atoms with E-state index in [0.717, 1.165) is 31.4 Å². The highest BCUT2D eigenvalue weighted by Crippen LogP contribution is 2.19. The minimum Gasteiger partial charge on any atom is -0.497 e. The summed E-state index contributed by atoms with van der Waals surface area (Å²) in [5.74, 6) is -0.0728. The van der Waals surface area contributed by atoms with E-state index >= 15 is 0 Å². The third-order valence-corrected chi connectivity index (χ3v) is 4.12. The van der Waals surface area contributed by atoms with Crippen LogP contribution in [0.1, 0.15) is 37.7 Å². The van der Waals surface area contributed by atoms with Gasteiger partial charge in [0, 0.05) is 13.0 Å². The number of aliphatic carboxylic acids is 1. The maximum Gasteiger partial charge on any atom is 0.326 e. The van der Waals surface area contributed by atoms with Crippen molar-refractivity contribution in [3.8, 4) is 5.75 Å². The second kappa shape index (κ2) is 7.82. The summed E-state index contributed by atoms with van der Waals surface area (Å²) in [6, 6.07) is 7.31. The van der Waals surface area contributed by atoms with E-state index in [-0.39, 0.29) is 5.91 Å². The lowest BCUT2D eigenvalue weighted by atomic mass is 10.1. The van der Waals surface area contributed by atoms with Crippen LogP contribution in [0.25, 0.3) is 0 Å². The third-order valence-electron chi connectivity index (χ3n) is 4.12. The monoisotopic (exact) mass is 305 g/mol. The molecule has 1 amide bonds. The summed E-state index contributed by atoms with van der Waals surface area (Å²) in [5, 5.41) is 9.09. The molecule has 120 valence electrons. The number of likely N-dealkylation sites (tertiary alicyclic amines) is 1. The lowest BCUT2D eigenvalue weighted by Crippen LogP contribution is -2.40. The van der Waals surface area contributed by atoms with Crippen LogP contribution >= 0.6 is 0 Å². The van der Waals surface area contributed by atoms with Crippen LogP contribution in [-0.4, -0.2) is 41.6 Å². The first-order chi connectivity index (χ1) is 10.6. The quantitative estimate of drug-likeness (QED) is 0.786. The van der Waals surface area contributed by atoms with Gasteiger partial charge in [-0.05, 0) is 49.8 Å². The Morgan fingerprint density at radius 2 is 2.00 bits per heavy atom. The van der Waals surface area contributed by atoms with Crippen molar-refractivity contribution in [3.63, 3.8) is 0 Å². The zero-order valence-corrected chi connectivity index (χ0v) is 13.0. The van der Waals surface area contributed by atoms with Crippen molar-refractivity contribution in [2.75, 3.05) is 13.7 Å². The van der Waals surface area contributed by atoms with Crippen molar-refractivity contribution in [3.05, 3.63) is 29.8 Å². The van der Waals surface area contributed by atoms with Crippen LogP contribution in [-0.2, 0) is 16.0 Å². The smallest absolute Gasteiger partial charge is 0.326 e. The van der Waals surface area contributed by atoms with Crippen LogP contribution in [0.3, 0.4) is 0 Å². The normalized spacial score (nSPS) is 17.5. The predicted molar refractivity (Wildman–Crippen MR) is 82.9 cm³/mol. The molecule has 1 aromatic rings. The highest BCUT2D eigenvalue weighted by atomic mass is 16.5. The molecular formula is C17H23NO4. The molecule has 1 atom stereocenters. The Labute approximate surface area is 130 Å². The molecular weight excluding hydrogens is 282 g/mol. The Hall–Kier alpha value is -2.04. The molecule has 1 aliphatic rings. The van der Waals surface area contributed by atoms with E-state index in [1.54, 1.807) is 7.11 Å². The van der Waals surface area contributed by atoms with Gasteiger partial charge in [-0.1, -0.05) is 12.1 Å². The number of nitrogens with zero attached hydrogens (tertiary/aromatic N) is 1. The molecule has 2 rings (SSSR count). The van der Waals surface area contributed by atoms with E-state index in [0.29, 0.717) is 19.4 Å². The van der Waals surface area contributed by atoms with Crippen molar-refractivity contribution in [1.29, 1.82) is 0 Å². The summed E-state index contributed by atoms with van der Waals surface area (Å²) in [5.41, 5.74) is 1.22. The second-order valence-electron chi connectivity index (χ2n) is 5.64. The molecule has 0 radical (unpaired) electrons. The first kappa shape index (κ1) is 16.3. The summed E-state index contributed by atoms with van der Waals surface area (Å²) in [7, 11) is 1.64. The number of carboxylic acids is 1. The molecule has 0 unspecified atom stereocenters. The zero-order chi connectivity index (χ0) is 15.9. The molecule has 1 aliphatic heterocycles. The summed E-state index contributed by atoms with van der Waals surface area (Å²) in [6.45, 7) is 0.578. The molecule has 22 heavy (non-hydrogen) atoms. The van der Waals surface area contributed by atoms with Gasteiger partial charge in [-0.2, -0.15) is 0 Å². The summed E-state index contributed by atoms with van der Waals surface area (Å²) in [4.78, 5) is 24.7. The van der Waals surface area contributed by atoms with Gasteiger partial charge in [-0.3, -0.25) is 4.79 Å². The lowest BCUT2D eigenvalue weighted by molar-refractivity contribution is -0.148. The Morgan fingerprint density at radius 1 is 1.27 bits per heavy atom. The number of unbranched alkanes of at least 4 members (excludes halogenated alkanes) is 1. The molecule has 1 saturated heterocycles. The molecule has 0 aromatic heterocycles. The van der Waals surface area contributed by atoms with Crippen LogP contribution in [0, 0.1) is 0 Å². The molecule has 1 heterocycles. The van der Waals surface area contributed by atoms with Gasteiger partial charge in [0.2, 0.25) is 5.91 Å². The highest BCUT2D eigenvalue weighted by molar-refractivity contribution is 5.84. The highest BCUT2D eigenvalue weighted by Gasteiger charge is 2.33. The predicted octanol–water partition coefficient (Wildman–Crippen LogP) is 2.48. The number of amides is 1. The van der Waals surface area contributed by atoms with E-state index in [1.807, 2.05) is 24.3 Å². The molecule has 0 bridgehead atoms. The van der Waals surface area contributed by atoms with Crippen molar-refractivity contribution >= 4 is 11.9 Å². The van der Waals surface area contributed by atoms with E-state index in [2.05, 4.69) is 0 Å². The molecule has 0 saturated carbocycles. The van der Waals surface area contributed by atoms with E-state index in [9.17, 15) is 9.59 Å². The molecule has 1 N–H and O–H groups in total. The van der Waals surface area contributed by atoms with Crippen molar-refractivity contribution in [2.24, 2.45) is 0 Å². The average molecular weight is 305 g/mol. The van der Waals surface area contributed by atoms with E-state index < -0.39 is 12.0 Å². The van der Waals surface area contributed by atoms with Crippen LogP contribution in [0.2, 0.25) is 0 Å². The van der Waals surface area contributed by atoms with Gasteiger partial charge in [0.1, 0.15) is 11.8 Å². The number of carboxylic acid groups (broad SMARTS) is 1. The largest absolute Gasteiger partial charge is 0.497 e. The summed E-state index contributed by atoms with van der Waals surface area (Å²) in [6.07, 6.45) is 4.42. The maximum absolute atomic E-state index is 12.1. The molecule has 1 aromatic carbocycles. The van der Waals surface area contributed by atoms with Gasteiger partial charge in [0.25, 0.3) is 0 Å². The standard InChI is InChI=1S/C17H23NO4/c1-22-14-10-8-13(9-11-14)5-2-3-7-16(19)18-12-4-6-15(18)17(20)21/h8-11,15H,2-7,12H2,1H3,(H,20,21)/t15-/m0/s1. The number of aryl methyl sites for hydroxylation is 1. The van der Waals surface area contributed by atoms with Gasteiger partial charge in [0.15, 0.2) is 0 Å². The van der Waals surface area contributed by atoms with Crippen molar-refractivity contribution in [1.82, 2.24) is 4.90 Å². The van der Waals surface area contributed by atoms with Crippen molar-refractivity contribution < 1.29 is 19.4 Å². The number of rotatable bonds is 7. The molecule has 5 nitrogen and oxygen atoms in total. The van der Waals surface area contributed by atoms with E-state index in [4.69, 9.17) is 9.84 Å². The molecule has 0 spiro atoms. The number of hydrogen-bond donors (Lipinski definition) is 1. The SMILES string of the molecule is COc1ccc(CCCCC(=O)N2CCC[C@H]2C(=O)O)cc1. The van der Waals surface area contributed by atoms with Crippen LogP contribution in [0.5, 0.6) is 5.75 Å². The first-order valence-electron chi connectivity index (χ1n) is 7.77. The number of methoxy groups -OCH3 is 1. The van der Waals surface area contributed by atoms with Gasteiger partial charge in [-0.25, -0.2) is 4.79 Å². The minimum atomic E-state index is -0.885. The molecule has 1 fully saturated rings. The van der Waals surface area contributed by atoms with Gasteiger partial charge in [0.05, 0.1) is 7.11 Å². The van der Waals surface area contributed by atoms with Crippen LogP contribution in [0.4, 0.5) is 0 Å². The first-order valence-corrected chi connectivity index (χ1v) is 7.77. The summed E-state index contributed by atoms with van der Waals surface area (Å²) >= 11 is 0. The fourth-order valence-corrected chi connectivity index (χ4v) is 2.86. The molecule has 5 heteroatoms. The fraction of sp³-hybridized carbons (Fsp3) is 0.529. The Morgan fingerprint density at radius 3 is 2.64 bits per heavy atom. The Bertz CT molecular complexity index is 512. The van der Waals surface area contributed by atoms with Crippen molar-refractivity contribution in [2.45, 2.75) is 44.6 Å². The minimum absolute atomic E-state index is 0.0281. The summed E-state index contributed by atoms with van der Waals surface area (Å²) < 4.78 is 5.11. The number of hydrogen-bond acceptors (Lipinski definition) is 3. The third kappa shape index (κ3) is 4.23. The maximum atomic E-state index is 12.1. The zero-order valence-electron chi connectivity index (χ0n) is 13.0. The Kier molecular flexibility index (Phi) is 5.81. The Balaban J connectivity index is 1.71. The second-order valence-corrected chi connectivity index (χ2v) is 5.64. The van der Waals surface area contributed by atoms with Crippen LogP contribution < -0.4 is 4.74 Å². The number of carbonyl (C=O) groups excluding carboxylic acids is 1. The number of ether oxygens (including phenoxy) is 1. The topological polar surface area (TPSA) is 66.8 Å². The number of benzene rings is 1. The van der Waals surface area contributed by atoms with E-state index in [1.165, 1.54) is 10.5 Å². The molecule has 0 aliphatic carbocycles. The lowest BCUT2D eigenvalue weighted by Gasteiger charge is -2.21. The van der Waals surface area contributed by atoms with Gasteiger partial charge >= 0.3 is 5.97 Å². The van der Waals surface area contributed by atoms with Gasteiger partial charge in [-0.15, -0.1) is 0 Å². The van der Waals surface area contributed by atoms with Gasteiger partial charge < -0.3 is 14.7 Å². The fourth-order valence-electron chi connectivity index (χ4n) is 2.86. The van der Waals surface area contributed by atoms with Crippen LogP contribution in [0.15, 0.2) is 24.3 Å². The average Bonchev–Trinajstić information content (AvgIpc) is 3.02. The number of carbonyl (C=O) groups is 2.